The maximum atomic E-state index is 9.39. The van der Waals surface area contributed by atoms with Crippen LogP contribution in [0.3, 0.4) is 0 Å². The zero-order valence-corrected chi connectivity index (χ0v) is 10.00. The van der Waals surface area contributed by atoms with Crippen molar-refractivity contribution in [2.24, 2.45) is 0 Å². The summed E-state index contributed by atoms with van der Waals surface area (Å²) in [6, 6.07) is 5.72. The minimum atomic E-state index is -0.476. The minimum Gasteiger partial charge on any atom is -0.472 e. The normalized spacial score (nSPS) is 12.4. The molecular formula is C13H16N2O2. The molecule has 0 aliphatic rings. The third-order valence-electron chi connectivity index (χ3n) is 2.64. The van der Waals surface area contributed by atoms with E-state index in [1.165, 1.54) is 0 Å². The lowest BCUT2D eigenvalue weighted by Crippen LogP contribution is -2.17. The molecule has 4 heteroatoms. The molecule has 1 atom stereocenters. The van der Waals surface area contributed by atoms with Crippen molar-refractivity contribution in [2.45, 2.75) is 19.6 Å². The van der Waals surface area contributed by atoms with Crippen molar-refractivity contribution in [1.29, 1.82) is 0 Å². The fraction of sp³-hybridized carbons (Fsp3) is 0.308. The van der Waals surface area contributed by atoms with Gasteiger partial charge in [0.1, 0.15) is 5.82 Å². The number of anilines is 1. The Hall–Kier alpha value is -1.81. The smallest absolute Gasteiger partial charge is 0.128 e. The summed E-state index contributed by atoms with van der Waals surface area (Å²) in [6.45, 7) is 2.48. The van der Waals surface area contributed by atoms with Crippen LogP contribution in [0.2, 0.25) is 0 Å². The second-order valence-corrected chi connectivity index (χ2v) is 4.11. The van der Waals surface area contributed by atoms with Crippen LogP contribution in [0.1, 0.15) is 24.2 Å². The highest BCUT2D eigenvalue weighted by Crippen LogP contribution is 2.16. The van der Waals surface area contributed by atoms with E-state index < -0.39 is 6.10 Å². The van der Waals surface area contributed by atoms with E-state index in [1.54, 1.807) is 25.6 Å². The van der Waals surface area contributed by atoms with E-state index in [9.17, 15) is 5.11 Å². The molecule has 0 spiro atoms. The molecule has 0 fully saturated rings. The number of furan rings is 1. The van der Waals surface area contributed by atoms with Crippen LogP contribution in [0.5, 0.6) is 0 Å². The van der Waals surface area contributed by atoms with Gasteiger partial charge in [-0.05, 0) is 24.6 Å². The lowest BCUT2D eigenvalue weighted by Gasteiger charge is -2.17. The van der Waals surface area contributed by atoms with E-state index in [-0.39, 0.29) is 0 Å². The fourth-order valence-electron chi connectivity index (χ4n) is 1.61. The molecule has 0 aliphatic carbocycles. The summed E-state index contributed by atoms with van der Waals surface area (Å²) in [5.74, 6) is 0.871. The second kappa shape index (κ2) is 5.01. The van der Waals surface area contributed by atoms with Crippen LogP contribution >= 0.6 is 0 Å². The summed E-state index contributed by atoms with van der Waals surface area (Å²) in [6.07, 6.45) is 4.61. The largest absolute Gasteiger partial charge is 0.472 e. The molecule has 0 bridgehead atoms. The molecule has 0 amide bonds. The van der Waals surface area contributed by atoms with Gasteiger partial charge in [0.25, 0.3) is 0 Å². The van der Waals surface area contributed by atoms with Gasteiger partial charge in [0.05, 0.1) is 18.6 Å². The first-order valence-corrected chi connectivity index (χ1v) is 5.53. The summed E-state index contributed by atoms with van der Waals surface area (Å²) >= 11 is 0. The molecule has 0 aromatic carbocycles. The molecule has 0 saturated carbocycles. The number of aliphatic hydroxyl groups is 1. The number of nitrogens with zero attached hydrogens (tertiary/aromatic N) is 2. The fourth-order valence-corrected chi connectivity index (χ4v) is 1.61. The lowest BCUT2D eigenvalue weighted by molar-refractivity contribution is 0.199. The first-order chi connectivity index (χ1) is 8.16. The first kappa shape index (κ1) is 11.7. The number of aliphatic hydroxyl groups excluding tert-OH is 1. The van der Waals surface area contributed by atoms with Crippen LogP contribution in [0, 0.1) is 0 Å². The van der Waals surface area contributed by atoms with Crippen molar-refractivity contribution in [1.82, 2.24) is 4.98 Å². The van der Waals surface area contributed by atoms with Crippen molar-refractivity contribution in [3.8, 4) is 0 Å². The summed E-state index contributed by atoms with van der Waals surface area (Å²) in [4.78, 5) is 6.34. The average Bonchev–Trinajstić information content (AvgIpc) is 2.82. The van der Waals surface area contributed by atoms with E-state index >= 15 is 0 Å². The Morgan fingerprint density at radius 1 is 1.41 bits per heavy atom. The van der Waals surface area contributed by atoms with Gasteiger partial charge >= 0.3 is 0 Å². The summed E-state index contributed by atoms with van der Waals surface area (Å²) < 4.78 is 5.02. The molecule has 2 heterocycles. The van der Waals surface area contributed by atoms with Gasteiger partial charge in [-0.25, -0.2) is 4.98 Å². The highest BCUT2D eigenvalue weighted by molar-refractivity contribution is 5.39. The number of pyridine rings is 1. The summed E-state index contributed by atoms with van der Waals surface area (Å²) in [5, 5.41) is 9.39. The van der Waals surface area contributed by atoms with Gasteiger partial charge in [0.15, 0.2) is 0 Å². The zero-order chi connectivity index (χ0) is 12.3. The maximum absolute atomic E-state index is 9.39. The van der Waals surface area contributed by atoms with E-state index in [0.717, 1.165) is 23.5 Å². The van der Waals surface area contributed by atoms with Gasteiger partial charge in [-0.1, -0.05) is 6.07 Å². The third kappa shape index (κ3) is 2.85. The molecule has 2 aromatic heterocycles. The molecule has 17 heavy (non-hydrogen) atoms. The van der Waals surface area contributed by atoms with Gasteiger partial charge in [-0.3, -0.25) is 0 Å². The van der Waals surface area contributed by atoms with Gasteiger partial charge in [0, 0.05) is 25.4 Å². The Bertz CT molecular complexity index is 449. The predicted octanol–water partition coefficient (Wildman–Crippen LogP) is 2.36. The Morgan fingerprint density at radius 3 is 2.76 bits per heavy atom. The third-order valence-corrected chi connectivity index (χ3v) is 2.64. The first-order valence-electron chi connectivity index (χ1n) is 5.53. The van der Waals surface area contributed by atoms with Crippen molar-refractivity contribution < 1.29 is 9.52 Å². The SMILES string of the molecule is C[C@H](O)c1ccc(N(C)Cc2ccoc2)nc1. The highest BCUT2D eigenvalue weighted by atomic mass is 16.3. The van der Waals surface area contributed by atoms with Gasteiger partial charge < -0.3 is 14.4 Å². The topological polar surface area (TPSA) is 49.5 Å². The minimum absolute atomic E-state index is 0.476. The molecule has 1 N–H and O–H groups in total. The lowest BCUT2D eigenvalue weighted by atomic mass is 10.2. The van der Waals surface area contributed by atoms with E-state index in [1.807, 2.05) is 30.1 Å². The average molecular weight is 232 g/mol. The predicted molar refractivity (Wildman–Crippen MR) is 65.7 cm³/mol. The zero-order valence-electron chi connectivity index (χ0n) is 10.00. The van der Waals surface area contributed by atoms with Crippen LogP contribution in [-0.4, -0.2) is 17.1 Å². The van der Waals surface area contributed by atoms with Gasteiger partial charge in [0.2, 0.25) is 0 Å². The van der Waals surface area contributed by atoms with E-state index in [0.29, 0.717) is 0 Å². The molecule has 0 aliphatic heterocycles. The van der Waals surface area contributed by atoms with Crippen molar-refractivity contribution in [3.05, 3.63) is 48.0 Å². The van der Waals surface area contributed by atoms with Crippen molar-refractivity contribution in [2.75, 3.05) is 11.9 Å². The summed E-state index contributed by atoms with van der Waals surface area (Å²) in [5.41, 5.74) is 1.93. The quantitative estimate of drug-likeness (QED) is 0.879. The Kier molecular flexibility index (Phi) is 3.44. The van der Waals surface area contributed by atoms with Crippen molar-refractivity contribution in [3.63, 3.8) is 0 Å². The molecule has 0 radical (unpaired) electrons. The molecule has 2 rings (SSSR count). The van der Waals surface area contributed by atoms with Crippen LogP contribution in [0.15, 0.2) is 41.3 Å². The number of hydrogen-bond donors (Lipinski definition) is 1. The molecule has 0 unspecified atom stereocenters. The van der Waals surface area contributed by atoms with Crippen LogP contribution in [-0.2, 0) is 6.54 Å². The van der Waals surface area contributed by atoms with Crippen molar-refractivity contribution >= 4 is 5.82 Å². The maximum Gasteiger partial charge on any atom is 0.128 e. The van der Waals surface area contributed by atoms with E-state index in [4.69, 9.17) is 4.42 Å². The van der Waals surface area contributed by atoms with Crippen LogP contribution in [0.4, 0.5) is 5.82 Å². The van der Waals surface area contributed by atoms with Gasteiger partial charge in [-0.15, -0.1) is 0 Å². The highest BCUT2D eigenvalue weighted by Gasteiger charge is 2.06. The summed E-state index contributed by atoms with van der Waals surface area (Å²) in [7, 11) is 1.97. The molecule has 90 valence electrons. The molecular weight excluding hydrogens is 216 g/mol. The Morgan fingerprint density at radius 2 is 2.24 bits per heavy atom. The number of rotatable bonds is 4. The van der Waals surface area contributed by atoms with Crippen LogP contribution < -0.4 is 4.90 Å². The standard InChI is InChI=1S/C13H16N2O2/c1-10(16)12-3-4-13(14-7-12)15(2)8-11-5-6-17-9-11/h3-7,9-10,16H,8H2,1-2H3/t10-/m0/s1. The molecule has 4 nitrogen and oxygen atoms in total. The second-order valence-electron chi connectivity index (χ2n) is 4.11. The van der Waals surface area contributed by atoms with E-state index in [2.05, 4.69) is 4.98 Å². The molecule has 2 aromatic rings. The monoisotopic (exact) mass is 232 g/mol. The molecule has 0 saturated heterocycles. The Labute approximate surface area is 101 Å². The number of aromatic nitrogens is 1. The van der Waals surface area contributed by atoms with Gasteiger partial charge in [-0.2, -0.15) is 0 Å². The Balaban J connectivity index is 2.06. The van der Waals surface area contributed by atoms with Crippen LogP contribution in [0.25, 0.3) is 0 Å². The number of hydrogen-bond acceptors (Lipinski definition) is 4.